The lowest BCUT2D eigenvalue weighted by Crippen LogP contribution is -2.22. The third-order valence-electron chi connectivity index (χ3n) is 9.27. The van der Waals surface area contributed by atoms with Crippen molar-refractivity contribution in [1.29, 1.82) is 0 Å². The predicted octanol–water partition coefficient (Wildman–Crippen LogP) is 10.6. The van der Waals surface area contributed by atoms with E-state index in [4.69, 9.17) is 52.6 Å². The average molecular weight is 804 g/mol. The number of ether oxygens (including phenoxy) is 2. The van der Waals surface area contributed by atoms with Crippen LogP contribution in [0.25, 0.3) is 44.3 Å². The Bertz CT molecular complexity index is 2040. The van der Waals surface area contributed by atoms with Crippen molar-refractivity contribution in [2.75, 3.05) is 36.9 Å². The number of benzene rings is 2. The van der Waals surface area contributed by atoms with E-state index >= 15 is 0 Å². The van der Waals surface area contributed by atoms with E-state index in [1.165, 1.54) is 0 Å². The van der Waals surface area contributed by atoms with Gasteiger partial charge in [-0.25, -0.2) is 19.9 Å². The van der Waals surface area contributed by atoms with Crippen LogP contribution in [0.4, 0.5) is 11.6 Å². The van der Waals surface area contributed by atoms with Crippen LogP contribution in [-0.4, -0.2) is 71.5 Å². The summed E-state index contributed by atoms with van der Waals surface area (Å²) in [7, 11) is -2.43. The number of hydrogen-bond acceptors (Lipinski definition) is 8. The van der Waals surface area contributed by atoms with Gasteiger partial charge in [0.1, 0.15) is 49.0 Å². The Balaban J connectivity index is 1.21. The summed E-state index contributed by atoms with van der Waals surface area (Å²) in [5.74, 6) is 1.73. The van der Waals surface area contributed by atoms with Crippen molar-refractivity contribution in [1.82, 2.24) is 29.1 Å². The molecule has 4 heterocycles. The van der Waals surface area contributed by atoms with E-state index in [9.17, 15) is 0 Å². The van der Waals surface area contributed by atoms with E-state index in [-0.39, 0.29) is 5.92 Å². The number of fused-ring (bicyclic) bond motifs is 2. The van der Waals surface area contributed by atoms with Gasteiger partial charge in [-0.15, -0.1) is 0 Å². The van der Waals surface area contributed by atoms with Crippen LogP contribution < -0.4 is 10.6 Å². The molecule has 0 aliphatic heterocycles. The van der Waals surface area contributed by atoms with Crippen LogP contribution in [0.2, 0.25) is 61.4 Å². The van der Waals surface area contributed by atoms with E-state index in [0.29, 0.717) is 36.6 Å². The number of halogens is 2. The average Bonchev–Trinajstić information content (AvgIpc) is 3.69. The van der Waals surface area contributed by atoms with Crippen molar-refractivity contribution in [2.45, 2.75) is 71.8 Å². The molecule has 0 atom stereocenters. The first-order valence-corrected chi connectivity index (χ1v) is 26.8. The summed E-state index contributed by atoms with van der Waals surface area (Å²) >= 11 is 12.9. The molecule has 0 bridgehead atoms. The van der Waals surface area contributed by atoms with Gasteiger partial charge in [0, 0.05) is 76.0 Å². The van der Waals surface area contributed by atoms with Crippen LogP contribution in [0, 0.1) is 5.92 Å². The Morgan fingerprint density at radius 2 is 1.07 bits per heavy atom. The standard InChI is InChI=1S/C40H52Cl2N8O2Si2/c1-28(20-43-37-35-33(29-10-8-12-31(41)18-29)22-49(39(35)47-24-45-37)26-51-14-16-53(2,3)4)21-44-38-36-34(30-11-9-13-32(42)19-30)23-50(40(36)48-25-46-38)27-52-15-17-54(5,6)7/h8-13,18-19,22-25,28H,14-17,20-21,26-27H2,1-7H3,(H,43,45,47)(H,44,46,48). The van der Waals surface area contributed by atoms with Gasteiger partial charge in [-0.1, -0.05) is 93.7 Å². The van der Waals surface area contributed by atoms with Crippen molar-refractivity contribution in [3.8, 4) is 22.3 Å². The van der Waals surface area contributed by atoms with Crippen molar-refractivity contribution in [3.05, 3.63) is 83.6 Å². The lowest BCUT2D eigenvalue weighted by Gasteiger charge is -2.16. The van der Waals surface area contributed by atoms with Gasteiger partial charge in [0.2, 0.25) is 0 Å². The SMILES string of the molecule is CC(CNc1ncnc2c1c(-c1cccc(Cl)c1)cn2COCC[Si](C)(C)C)CNc1ncnc2c1c(-c1cccc(Cl)c1)cn2COCC[Si](C)(C)C. The second-order valence-electron chi connectivity index (χ2n) is 16.5. The molecule has 0 fully saturated rings. The molecule has 6 rings (SSSR count). The number of rotatable bonds is 18. The van der Waals surface area contributed by atoms with Crippen LogP contribution in [0.1, 0.15) is 6.92 Å². The number of aromatic nitrogens is 6. The summed E-state index contributed by atoms with van der Waals surface area (Å²) in [6.45, 7) is 19.9. The lowest BCUT2D eigenvalue weighted by molar-refractivity contribution is 0.0898. The fourth-order valence-electron chi connectivity index (χ4n) is 6.16. The molecule has 0 aliphatic carbocycles. The maximum atomic E-state index is 6.46. The molecule has 54 heavy (non-hydrogen) atoms. The van der Waals surface area contributed by atoms with Crippen LogP contribution >= 0.6 is 23.2 Å². The first kappa shape index (κ1) is 39.9. The van der Waals surface area contributed by atoms with Crippen LogP contribution in [-0.2, 0) is 22.9 Å². The molecule has 14 heteroatoms. The fraction of sp³-hybridized carbons (Fsp3) is 0.400. The summed E-state index contributed by atoms with van der Waals surface area (Å²) < 4.78 is 16.4. The van der Waals surface area contributed by atoms with Crippen molar-refractivity contribution < 1.29 is 9.47 Å². The zero-order valence-corrected chi connectivity index (χ0v) is 35.9. The topological polar surface area (TPSA) is 104 Å². The minimum absolute atomic E-state index is 0.197. The monoisotopic (exact) mass is 802 g/mol. The number of anilines is 2. The second kappa shape index (κ2) is 17.3. The molecular formula is C40H52Cl2N8O2Si2. The third kappa shape index (κ3) is 10.3. The zero-order chi connectivity index (χ0) is 38.5. The highest BCUT2D eigenvalue weighted by molar-refractivity contribution is 6.76. The first-order chi connectivity index (χ1) is 25.8. The highest BCUT2D eigenvalue weighted by Crippen LogP contribution is 2.36. The molecular weight excluding hydrogens is 752 g/mol. The van der Waals surface area contributed by atoms with Crippen molar-refractivity contribution in [3.63, 3.8) is 0 Å². The van der Waals surface area contributed by atoms with E-state index < -0.39 is 16.1 Å². The summed E-state index contributed by atoms with van der Waals surface area (Å²) in [6, 6.07) is 18.0. The Morgan fingerprint density at radius 1 is 0.648 bits per heavy atom. The molecule has 0 unspecified atom stereocenters. The molecule has 2 aromatic carbocycles. The van der Waals surface area contributed by atoms with Gasteiger partial charge in [0.15, 0.2) is 0 Å². The minimum Gasteiger partial charge on any atom is -0.369 e. The van der Waals surface area contributed by atoms with E-state index in [2.05, 4.69) is 90.5 Å². The van der Waals surface area contributed by atoms with E-state index in [1.807, 2.05) is 36.4 Å². The van der Waals surface area contributed by atoms with Gasteiger partial charge in [0.05, 0.1) is 10.8 Å². The van der Waals surface area contributed by atoms with E-state index in [0.717, 1.165) is 81.3 Å². The summed E-state index contributed by atoms with van der Waals surface area (Å²) in [4.78, 5) is 18.9. The summed E-state index contributed by atoms with van der Waals surface area (Å²) in [5, 5.41) is 10.5. The maximum absolute atomic E-state index is 6.46. The molecule has 0 saturated carbocycles. The van der Waals surface area contributed by atoms with Gasteiger partial charge in [-0.3, -0.25) is 0 Å². The van der Waals surface area contributed by atoms with Gasteiger partial charge in [-0.05, 0) is 53.4 Å². The lowest BCUT2D eigenvalue weighted by atomic mass is 10.1. The zero-order valence-electron chi connectivity index (χ0n) is 32.4. The molecule has 10 nitrogen and oxygen atoms in total. The Hall–Kier alpha value is -3.79. The molecule has 286 valence electrons. The molecule has 2 N–H and O–H groups in total. The molecule has 0 spiro atoms. The maximum Gasteiger partial charge on any atom is 0.148 e. The Morgan fingerprint density at radius 3 is 1.46 bits per heavy atom. The number of hydrogen-bond donors (Lipinski definition) is 2. The van der Waals surface area contributed by atoms with Crippen molar-refractivity contribution >= 4 is 73.1 Å². The Kier molecular flexibility index (Phi) is 12.8. The molecule has 0 amide bonds. The highest BCUT2D eigenvalue weighted by atomic mass is 35.5. The molecule has 4 aromatic heterocycles. The van der Waals surface area contributed by atoms with Gasteiger partial charge >= 0.3 is 0 Å². The van der Waals surface area contributed by atoms with Crippen LogP contribution in [0.15, 0.2) is 73.6 Å². The molecule has 6 aromatic rings. The van der Waals surface area contributed by atoms with Crippen LogP contribution in [0.5, 0.6) is 0 Å². The number of nitrogens with zero attached hydrogens (tertiary/aromatic N) is 6. The smallest absolute Gasteiger partial charge is 0.148 e. The third-order valence-corrected chi connectivity index (χ3v) is 13.1. The van der Waals surface area contributed by atoms with Crippen molar-refractivity contribution in [2.24, 2.45) is 5.92 Å². The van der Waals surface area contributed by atoms with Crippen LogP contribution in [0.3, 0.4) is 0 Å². The minimum atomic E-state index is -1.21. The largest absolute Gasteiger partial charge is 0.369 e. The molecule has 0 saturated heterocycles. The quantitative estimate of drug-likeness (QED) is 0.0654. The second-order valence-corrected chi connectivity index (χ2v) is 28.6. The summed E-state index contributed by atoms with van der Waals surface area (Å²) in [5.41, 5.74) is 5.62. The highest BCUT2D eigenvalue weighted by Gasteiger charge is 2.21. The normalized spacial score (nSPS) is 12.3. The van der Waals surface area contributed by atoms with Gasteiger partial charge < -0.3 is 29.2 Å². The predicted molar refractivity (Wildman–Crippen MR) is 230 cm³/mol. The summed E-state index contributed by atoms with van der Waals surface area (Å²) in [6.07, 6.45) is 7.42. The molecule has 0 aliphatic rings. The Labute approximate surface area is 330 Å². The fourth-order valence-corrected chi connectivity index (χ4v) is 8.05. The van der Waals surface area contributed by atoms with Gasteiger partial charge in [0.25, 0.3) is 0 Å². The number of nitrogens with one attached hydrogen (secondary N) is 2. The first-order valence-electron chi connectivity index (χ1n) is 18.6. The van der Waals surface area contributed by atoms with Gasteiger partial charge in [-0.2, -0.15) is 0 Å². The molecule has 0 radical (unpaired) electrons. The van der Waals surface area contributed by atoms with E-state index in [1.54, 1.807) is 12.7 Å².